The molecule has 0 spiro atoms. The molecule has 1 aliphatic rings. The van der Waals surface area contributed by atoms with Gasteiger partial charge in [0.2, 0.25) is 0 Å². The van der Waals surface area contributed by atoms with Gasteiger partial charge in [0.15, 0.2) is 4.77 Å². The van der Waals surface area contributed by atoms with E-state index in [9.17, 15) is 0 Å². The van der Waals surface area contributed by atoms with Gasteiger partial charge in [0, 0.05) is 49.8 Å². The molecule has 1 aromatic carbocycles. The van der Waals surface area contributed by atoms with Crippen LogP contribution in [0.4, 0.5) is 5.69 Å². The Labute approximate surface area is 143 Å². The van der Waals surface area contributed by atoms with Crippen molar-refractivity contribution in [3.8, 4) is 0 Å². The molecule has 0 unspecified atom stereocenters. The van der Waals surface area contributed by atoms with Crippen LogP contribution in [0.5, 0.6) is 0 Å². The monoisotopic (exact) mass is 330 g/mol. The van der Waals surface area contributed by atoms with E-state index in [0.717, 1.165) is 37.6 Å². The average Bonchev–Trinajstić information content (AvgIpc) is 2.90. The summed E-state index contributed by atoms with van der Waals surface area (Å²) in [7, 11) is 0. The minimum absolute atomic E-state index is 0.0361. The van der Waals surface area contributed by atoms with Crippen LogP contribution < -0.4 is 4.90 Å². The van der Waals surface area contributed by atoms with Crippen LogP contribution in [0.3, 0.4) is 0 Å². The Morgan fingerprint density at radius 3 is 2.17 bits per heavy atom. The fraction of sp³-hybridized carbons (Fsp3) is 0.500. The summed E-state index contributed by atoms with van der Waals surface area (Å²) in [6.45, 7) is 11.7. The topological polar surface area (TPSA) is 16.3 Å². The van der Waals surface area contributed by atoms with Crippen molar-refractivity contribution in [3.63, 3.8) is 0 Å². The second-order valence-electron chi connectivity index (χ2n) is 7.17. The predicted molar refractivity (Wildman–Crippen MR) is 98.5 cm³/mol. The van der Waals surface area contributed by atoms with E-state index in [-0.39, 0.29) is 5.54 Å². The fourth-order valence-electron chi connectivity index (χ4n) is 3.03. The zero-order valence-electron chi connectivity index (χ0n) is 14.3. The molecule has 0 aliphatic carbocycles. The molecule has 0 amide bonds. The largest absolute Gasteiger partial charge is 0.369 e. The normalized spacial score (nSPS) is 16.7. The summed E-state index contributed by atoms with van der Waals surface area (Å²) in [4.78, 5) is 4.93. The molecule has 0 N–H and O–H groups in total. The van der Waals surface area contributed by atoms with E-state index in [1.54, 1.807) is 0 Å². The Morgan fingerprint density at radius 2 is 1.61 bits per heavy atom. The van der Waals surface area contributed by atoms with E-state index < -0.39 is 0 Å². The number of nitrogens with zero attached hydrogens (tertiary/aromatic N) is 4. The van der Waals surface area contributed by atoms with E-state index in [4.69, 9.17) is 12.2 Å². The third-order valence-electron chi connectivity index (χ3n) is 4.42. The summed E-state index contributed by atoms with van der Waals surface area (Å²) >= 11 is 5.63. The summed E-state index contributed by atoms with van der Waals surface area (Å²) in [5.41, 5.74) is 1.36. The van der Waals surface area contributed by atoms with Crippen molar-refractivity contribution in [2.24, 2.45) is 0 Å². The van der Waals surface area contributed by atoms with Crippen LogP contribution in [-0.4, -0.2) is 40.2 Å². The maximum absolute atomic E-state index is 5.63. The third-order valence-corrected chi connectivity index (χ3v) is 4.85. The standard InChI is InChI=1S/C18H26N4S/c1-18(2,3)22-14-13-21(17(22)23)15-19-9-11-20(12-10-19)16-7-5-4-6-8-16/h4-8,13-14H,9-12,15H2,1-3H3. The van der Waals surface area contributed by atoms with Gasteiger partial charge in [0.05, 0.1) is 6.67 Å². The van der Waals surface area contributed by atoms with Gasteiger partial charge < -0.3 is 14.0 Å². The third kappa shape index (κ3) is 3.67. The summed E-state index contributed by atoms with van der Waals surface area (Å²) in [5.74, 6) is 0. The van der Waals surface area contributed by atoms with Crippen LogP contribution in [0.25, 0.3) is 0 Å². The van der Waals surface area contributed by atoms with Gasteiger partial charge in [-0.05, 0) is 45.1 Å². The first-order valence-corrected chi connectivity index (χ1v) is 8.66. The zero-order chi connectivity index (χ0) is 16.4. The number of rotatable bonds is 3. The second-order valence-corrected chi connectivity index (χ2v) is 7.54. The molecule has 0 saturated carbocycles. The minimum Gasteiger partial charge on any atom is -0.369 e. The van der Waals surface area contributed by atoms with Crippen LogP contribution >= 0.6 is 12.2 Å². The van der Waals surface area contributed by atoms with Gasteiger partial charge in [-0.1, -0.05) is 18.2 Å². The highest BCUT2D eigenvalue weighted by Gasteiger charge is 2.19. The Kier molecular flexibility index (Phi) is 4.60. The van der Waals surface area contributed by atoms with Crippen LogP contribution in [0.2, 0.25) is 0 Å². The van der Waals surface area contributed by atoms with Crippen molar-refractivity contribution in [2.45, 2.75) is 33.0 Å². The quantitative estimate of drug-likeness (QED) is 0.801. The molecule has 0 radical (unpaired) electrons. The van der Waals surface area contributed by atoms with E-state index in [2.05, 4.69) is 82.4 Å². The number of para-hydroxylation sites is 1. The van der Waals surface area contributed by atoms with Crippen molar-refractivity contribution in [1.29, 1.82) is 0 Å². The highest BCUT2D eigenvalue weighted by molar-refractivity contribution is 7.71. The van der Waals surface area contributed by atoms with E-state index >= 15 is 0 Å². The lowest BCUT2D eigenvalue weighted by Crippen LogP contribution is -2.46. The predicted octanol–water partition coefficient (Wildman–Crippen LogP) is 3.55. The first kappa shape index (κ1) is 16.3. The lowest BCUT2D eigenvalue weighted by Gasteiger charge is -2.36. The molecule has 1 aromatic heterocycles. The number of anilines is 1. The molecule has 1 saturated heterocycles. The molecule has 1 fully saturated rings. The molecule has 0 bridgehead atoms. The van der Waals surface area contributed by atoms with Crippen LogP contribution in [0.15, 0.2) is 42.7 Å². The Balaban J connectivity index is 1.61. The molecule has 1 aliphatic heterocycles. The van der Waals surface area contributed by atoms with Crippen molar-refractivity contribution in [3.05, 3.63) is 47.5 Å². The molecule has 0 atom stereocenters. The van der Waals surface area contributed by atoms with Crippen LogP contribution in [0.1, 0.15) is 20.8 Å². The number of benzene rings is 1. The summed E-state index contributed by atoms with van der Waals surface area (Å²) in [6.07, 6.45) is 4.21. The van der Waals surface area contributed by atoms with Crippen LogP contribution in [-0.2, 0) is 12.2 Å². The van der Waals surface area contributed by atoms with Crippen molar-refractivity contribution < 1.29 is 0 Å². The second kappa shape index (κ2) is 6.49. The molecule has 23 heavy (non-hydrogen) atoms. The lowest BCUT2D eigenvalue weighted by molar-refractivity contribution is 0.203. The summed E-state index contributed by atoms with van der Waals surface area (Å²) in [5, 5.41) is 0. The number of piperazine rings is 1. The number of hydrogen-bond donors (Lipinski definition) is 0. The minimum atomic E-state index is 0.0361. The Morgan fingerprint density at radius 1 is 0.957 bits per heavy atom. The number of aromatic nitrogens is 2. The molecule has 4 nitrogen and oxygen atoms in total. The molecule has 2 aromatic rings. The first-order chi connectivity index (χ1) is 10.9. The zero-order valence-corrected chi connectivity index (χ0v) is 15.1. The molecule has 3 rings (SSSR count). The van der Waals surface area contributed by atoms with Crippen LogP contribution in [0, 0.1) is 4.77 Å². The van der Waals surface area contributed by atoms with E-state index in [1.165, 1.54) is 5.69 Å². The van der Waals surface area contributed by atoms with Gasteiger partial charge in [-0.15, -0.1) is 0 Å². The van der Waals surface area contributed by atoms with E-state index in [0.29, 0.717) is 0 Å². The van der Waals surface area contributed by atoms with Gasteiger partial charge in [-0.2, -0.15) is 0 Å². The lowest BCUT2D eigenvalue weighted by atomic mass is 10.1. The van der Waals surface area contributed by atoms with Crippen molar-refractivity contribution >= 4 is 17.9 Å². The van der Waals surface area contributed by atoms with Gasteiger partial charge in [-0.3, -0.25) is 4.90 Å². The van der Waals surface area contributed by atoms with Gasteiger partial charge in [0.25, 0.3) is 0 Å². The van der Waals surface area contributed by atoms with E-state index in [1.807, 2.05) is 0 Å². The summed E-state index contributed by atoms with van der Waals surface area (Å²) < 4.78 is 5.25. The first-order valence-electron chi connectivity index (χ1n) is 8.26. The maximum atomic E-state index is 5.63. The number of hydrogen-bond acceptors (Lipinski definition) is 3. The SMILES string of the molecule is CC(C)(C)n1ccn(CN2CCN(c3ccccc3)CC2)c1=S. The number of imidazole rings is 1. The summed E-state index contributed by atoms with van der Waals surface area (Å²) in [6, 6.07) is 10.7. The molecular weight excluding hydrogens is 304 g/mol. The Bertz CT molecular complexity index is 688. The smallest absolute Gasteiger partial charge is 0.181 e. The van der Waals surface area contributed by atoms with Gasteiger partial charge >= 0.3 is 0 Å². The molecule has 124 valence electrons. The fourth-order valence-corrected chi connectivity index (χ4v) is 3.49. The molecule has 5 heteroatoms. The molecular formula is C18H26N4S. The van der Waals surface area contributed by atoms with Crippen molar-refractivity contribution in [1.82, 2.24) is 14.0 Å². The molecule has 2 heterocycles. The van der Waals surface area contributed by atoms with Gasteiger partial charge in [-0.25, -0.2) is 0 Å². The average molecular weight is 331 g/mol. The van der Waals surface area contributed by atoms with Gasteiger partial charge in [0.1, 0.15) is 0 Å². The Hall–Kier alpha value is -1.59. The maximum Gasteiger partial charge on any atom is 0.181 e. The van der Waals surface area contributed by atoms with Crippen molar-refractivity contribution in [2.75, 3.05) is 31.1 Å². The highest BCUT2D eigenvalue weighted by atomic mass is 32.1. The highest BCUT2D eigenvalue weighted by Crippen LogP contribution is 2.18.